The van der Waals surface area contributed by atoms with Crippen molar-refractivity contribution in [2.45, 2.75) is 63.3 Å². The van der Waals surface area contributed by atoms with E-state index in [9.17, 15) is 4.79 Å². The van der Waals surface area contributed by atoms with Crippen LogP contribution < -0.4 is 5.32 Å². The molecule has 1 N–H and O–H groups in total. The number of nitrogens with one attached hydrogen (secondary N) is 1. The van der Waals surface area contributed by atoms with Crippen LogP contribution in [0.4, 0.5) is 0 Å². The molecule has 0 radical (unpaired) electrons. The summed E-state index contributed by atoms with van der Waals surface area (Å²) in [6.07, 6.45) is 9.87. The van der Waals surface area contributed by atoms with E-state index >= 15 is 0 Å². The third-order valence-corrected chi connectivity index (χ3v) is 6.64. The summed E-state index contributed by atoms with van der Waals surface area (Å²) in [4.78, 5) is 13.6. The largest absolute Gasteiger partial charge is 0.348 e. The zero-order chi connectivity index (χ0) is 18.5. The molecular weight excluding hydrogens is 330 g/mol. The summed E-state index contributed by atoms with van der Waals surface area (Å²) in [7, 11) is 0. The van der Waals surface area contributed by atoms with Crippen molar-refractivity contribution in [3.8, 4) is 0 Å². The van der Waals surface area contributed by atoms with Gasteiger partial charge in [0.1, 0.15) is 0 Å². The first-order valence-electron chi connectivity index (χ1n) is 10.7. The van der Waals surface area contributed by atoms with Crippen LogP contribution in [0.1, 0.15) is 74.5 Å². The minimum atomic E-state index is -0.0127. The maximum Gasteiger partial charge on any atom is 0.228 e. The first-order valence-corrected chi connectivity index (χ1v) is 10.7. The molecule has 0 heterocycles. The lowest BCUT2D eigenvalue weighted by atomic mass is 9.83. The molecular formula is C25H31NO. The van der Waals surface area contributed by atoms with E-state index < -0.39 is 0 Å². The number of hydrogen-bond donors (Lipinski definition) is 1. The van der Waals surface area contributed by atoms with Crippen LogP contribution in [0.25, 0.3) is 0 Å². The van der Waals surface area contributed by atoms with Gasteiger partial charge in [-0.05, 0) is 48.6 Å². The Morgan fingerprint density at radius 1 is 0.704 bits per heavy atom. The van der Waals surface area contributed by atoms with Gasteiger partial charge in [-0.3, -0.25) is 4.79 Å². The van der Waals surface area contributed by atoms with Crippen molar-refractivity contribution in [1.82, 2.24) is 5.32 Å². The van der Waals surface area contributed by atoms with E-state index in [0.29, 0.717) is 11.8 Å². The highest BCUT2D eigenvalue weighted by molar-refractivity contribution is 5.84. The van der Waals surface area contributed by atoms with Crippen LogP contribution >= 0.6 is 0 Å². The average molecular weight is 362 g/mol. The number of carbonyl (C=O) groups excluding carboxylic acids is 1. The summed E-state index contributed by atoms with van der Waals surface area (Å²) in [5.41, 5.74) is 2.44. The molecule has 2 atom stereocenters. The molecule has 2 nitrogen and oxygen atoms in total. The Morgan fingerprint density at radius 3 is 1.74 bits per heavy atom. The Hall–Kier alpha value is -2.09. The highest BCUT2D eigenvalue weighted by atomic mass is 16.2. The Labute approximate surface area is 163 Å². The van der Waals surface area contributed by atoms with Gasteiger partial charge in [-0.1, -0.05) is 86.3 Å². The van der Waals surface area contributed by atoms with Crippen molar-refractivity contribution >= 4 is 5.91 Å². The molecule has 2 aliphatic rings. The maximum absolute atomic E-state index is 13.6. The zero-order valence-corrected chi connectivity index (χ0v) is 16.1. The van der Waals surface area contributed by atoms with Crippen LogP contribution in [-0.2, 0) is 4.79 Å². The van der Waals surface area contributed by atoms with Crippen LogP contribution in [-0.4, -0.2) is 5.91 Å². The average Bonchev–Trinajstić information content (AvgIpc) is 3.42. The maximum atomic E-state index is 13.6. The van der Waals surface area contributed by atoms with E-state index in [1.165, 1.54) is 62.5 Å². The molecule has 0 aromatic heterocycles. The van der Waals surface area contributed by atoms with Crippen molar-refractivity contribution in [3.05, 3.63) is 71.8 Å². The van der Waals surface area contributed by atoms with E-state index in [-0.39, 0.29) is 17.9 Å². The second-order valence-electron chi connectivity index (χ2n) is 8.37. The molecule has 2 fully saturated rings. The SMILES string of the molecule is O=C(N[C@@H](c1ccccc1)C1CCCC1)[C@@H](c1ccccc1)C1CCCC1. The van der Waals surface area contributed by atoms with Crippen LogP contribution in [0.15, 0.2) is 60.7 Å². The smallest absolute Gasteiger partial charge is 0.228 e. The summed E-state index contributed by atoms with van der Waals surface area (Å²) in [5.74, 6) is 1.26. The standard InChI is InChI=1S/C25H31NO/c27-25(23(20-13-7-8-14-20)19-11-3-1-4-12-19)26-24(22-17-9-10-18-22)21-15-5-2-6-16-21/h1-6,11-12,15-16,20,22-24H,7-10,13-14,17-18H2,(H,26,27)/t23-,24-/m0/s1. The monoisotopic (exact) mass is 361 g/mol. The third kappa shape index (κ3) is 4.26. The molecule has 0 aliphatic heterocycles. The lowest BCUT2D eigenvalue weighted by Gasteiger charge is -2.30. The fourth-order valence-corrected chi connectivity index (χ4v) is 5.26. The summed E-state index contributed by atoms with van der Waals surface area (Å²) in [5, 5.41) is 3.51. The predicted octanol–water partition coefficient (Wildman–Crippen LogP) is 6.01. The molecule has 0 spiro atoms. The topological polar surface area (TPSA) is 29.1 Å². The summed E-state index contributed by atoms with van der Waals surface area (Å²) in [6.45, 7) is 0. The second kappa shape index (κ2) is 8.73. The second-order valence-corrected chi connectivity index (χ2v) is 8.37. The molecule has 142 valence electrons. The van der Waals surface area contributed by atoms with E-state index in [0.717, 1.165) is 0 Å². The summed E-state index contributed by atoms with van der Waals surface area (Å²) >= 11 is 0. The molecule has 4 rings (SSSR count). The van der Waals surface area contributed by atoms with Crippen molar-refractivity contribution in [2.24, 2.45) is 11.8 Å². The summed E-state index contributed by atoms with van der Waals surface area (Å²) < 4.78 is 0. The number of carbonyl (C=O) groups is 1. The lowest BCUT2D eigenvalue weighted by molar-refractivity contribution is -0.125. The van der Waals surface area contributed by atoms with Crippen molar-refractivity contribution in [3.63, 3.8) is 0 Å². The highest BCUT2D eigenvalue weighted by Crippen LogP contribution is 2.40. The van der Waals surface area contributed by atoms with Gasteiger partial charge in [0.05, 0.1) is 12.0 Å². The summed E-state index contributed by atoms with van der Waals surface area (Å²) in [6, 6.07) is 21.2. The number of benzene rings is 2. The van der Waals surface area contributed by atoms with E-state index in [1.54, 1.807) is 0 Å². The quantitative estimate of drug-likeness (QED) is 0.671. The van der Waals surface area contributed by atoms with Gasteiger partial charge in [0, 0.05) is 0 Å². The molecule has 0 saturated heterocycles. The van der Waals surface area contributed by atoms with Gasteiger partial charge >= 0.3 is 0 Å². The molecule has 27 heavy (non-hydrogen) atoms. The van der Waals surface area contributed by atoms with Gasteiger partial charge in [0.2, 0.25) is 5.91 Å². The van der Waals surface area contributed by atoms with Gasteiger partial charge in [-0.2, -0.15) is 0 Å². The molecule has 2 saturated carbocycles. The molecule has 0 bridgehead atoms. The first-order chi connectivity index (χ1) is 13.3. The highest BCUT2D eigenvalue weighted by Gasteiger charge is 2.35. The molecule has 2 aromatic rings. The Morgan fingerprint density at radius 2 is 1.19 bits per heavy atom. The third-order valence-electron chi connectivity index (χ3n) is 6.64. The minimum absolute atomic E-state index is 0.0127. The van der Waals surface area contributed by atoms with Crippen LogP contribution in [0.5, 0.6) is 0 Å². The van der Waals surface area contributed by atoms with Crippen LogP contribution in [0.2, 0.25) is 0 Å². The molecule has 2 aromatic carbocycles. The predicted molar refractivity (Wildman–Crippen MR) is 110 cm³/mol. The van der Waals surface area contributed by atoms with Gasteiger partial charge in [-0.15, -0.1) is 0 Å². The van der Waals surface area contributed by atoms with Gasteiger partial charge in [-0.25, -0.2) is 0 Å². The van der Waals surface area contributed by atoms with Gasteiger partial charge in [0.25, 0.3) is 0 Å². The Kier molecular flexibility index (Phi) is 5.91. The molecule has 1 amide bonds. The number of hydrogen-bond acceptors (Lipinski definition) is 1. The van der Waals surface area contributed by atoms with Gasteiger partial charge < -0.3 is 5.32 Å². The van der Waals surface area contributed by atoms with Crippen molar-refractivity contribution in [2.75, 3.05) is 0 Å². The fraction of sp³-hybridized carbons (Fsp3) is 0.480. The zero-order valence-electron chi connectivity index (χ0n) is 16.1. The first kappa shape index (κ1) is 18.3. The molecule has 0 unspecified atom stereocenters. The van der Waals surface area contributed by atoms with E-state index in [2.05, 4.69) is 59.9 Å². The Bertz CT molecular complexity index is 715. The van der Waals surface area contributed by atoms with Crippen molar-refractivity contribution in [1.29, 1.82) is 0 Å². The lowest BCUT2D eigenvalue weighted by Crippen LogP contribution is -2.38. The Balaban J connectivity index is 1.59. The van der Waals surface area contributed by atoms with Crippen LogP contribution in [0.3, 0.4) is 0 Å². The molecule has 2 heteroatoms. The number of amides is 1. The van der Waals surface area contributed by atoms with Crippen LogP contribution in [0, 0.1) is 11.8 Å². The van der Waals surface area contributed by atoms with Crippen molar-refractivity contribution < 1.29 is 4.79 Å². The van der Waals surface area contributed by atoms with E-state index in [1.807, 2.05) is 6.07 Å². The number of rotatable bonds is 6. The minimum Gasteiger partial charge on any atom is -0.348 e. The molecule has 2 aliphatic carbocycles. The normalized spacial score (nSPS) is 20.4. The van der Waals surface area contributed by atoms with Gasteiger partial charge in [0.15, 0.2) is 0 Å². The fourth-order valence-electron chi connectivity index (χ4n) is 5.26. The van der Waals surface area contributed by atoms with E-state index in [4.69, 9.17) is 0 Å².